The molecule has 0 fully saturated rings. The third-order valence-corrected chi connectivity index (χ3v) is 0. The van der Waals surface area contributed by atoms with Crippen LogP contribution in [0.15, 0.2) is 0 Å². The van der Waals surface area contributed by atoms with Crippen molar-refractivity contribution in [2.24, 2.45) is 0 Å². The normalized spacial score (nSPS) is 0. The first-order valence-corrected chi connectivity index (χ1v) is 0. The molecule has 0 saturated carbocycles. The van der Waals surface area contributed by atoms with Gasteiger partial charge in [-0.05, 0) is 0 Å². The molecule has 0 aliphatic rings. The van der Waals surface area contributed by atoms with E-state index in [1.807, 2.05) is 0 Å². The molecule has 0 amide bonds. The van der Waals surface area contributed by atoms with Gasteiger partial charge in [-0.15, -0.1) is 0 Å². The minimum absolute atomic E-state index is 0. The van der Waals surface area contributed by atoms with Gasteiger partial charge in [0.15, 0.2) is 0 Å². The number of hydrogen-bond acceptors (Lipinski definition) is 0. The predicted octanol–water partition coefficient (Wildman–Crippen LogP) is -0.0100. The minimum atomic E-state index is 0. The van der Waals surface area contributed by atoms with Crippen molar-refractivity contribution < 1.29 is 68.0 Å². The van der Waals surface area contributed by atoms with Gasteiger partial charge in [-0.2, -0.15) is 0 Å². The second-order valence-electron chi connectivity index (χ2n) is 0. The van der Waals surface area contributed by atoms with E-state index >= 15 is 0 Å². The second kappa shape index (κ2) is 19.6. The third-order valence-electron chi connectivity index (χ3n) is 0. The van der Waals surface area contributed by atoms with Crippen LogP contribution in [-0.2, 0) is 68.0 Å². The molecule has 0 aliphatic heterocycles. The number of rotatable bonds is 0. The quantitative estimate of drug-likeness (QED) is 0.510. The Labute approximate surface area is 67.5 Å². The average molecular weight is 226 g/mol. The van der Waals surface area contributed by atoms with Crippen molar-refractivity contribution in [1.82, 2.24) is 0 Å². The summed E-state index contributed by atoms with van der Waals surface area (Å²) in [5.41, 5.74) is 0. The van der Waals surface area contributed by atoms with Gasteiger partial charge in [0.1, 0.15) is 0 Å². The molecule has 0 nitrogen and oxygen atoms in total. The molecule has 1 radical (unpaired) electrons. The molecule has 4 heavy (non-hydrogen) atoms. The molecule has 0 aromatic carbocycles. The van der Waals surface area contributed by atoms with E-state index in [4.69, 9.17) is 0 Å². The van der Waals surface area contributed by atoms with Crippen molar-refractivity contribution in [3.8, 4) is 0 Å². The summed E-state index contributed by atoms with van der Waals surface area (Å²) in [7, 11) is 0. The zero-order valence-corrected chi connectivity index (χ0v) is 5.75. The Kier molecular flexibility index (Phi) is 179. The van der Waals surface area contributed by atoms with Crippen molar-refractivity contribution in [2.75, 3.05) is 0 Å². The first-order valence-electron chi connectivity index (χ1n) is 0. The molecule has 0 atom stereocenters. The maximum absolute atomic E-state index is 0. The van der Waals surface area contributed by atoms with Crippen LogP contribution in [0.5, 0.6) is 0 Å². The van der Waals surface area contributed by atoms with E-state index in [-0.39, 0.29) is 68.0 Å². The Morgan fingerprint density at radius 1 is 0.500 bits per heavy atom. The van der Waals surface area contributed by atoms with Gasteiger partial charge in [-0.1, -0.05) is 0 Å². The maximum Gasteiger partial charge on any atom is 0 e. The molecule has 0 saturated heterocycles. The summed E-state index contributed by atoms with van der Waals surface area (Å²) < 4.78 is 0. The SMILES string of the molecule is [Co].[Fe].[Fe].[Fe]. The van der Waals surface area contributed by atoms with Gasteiger partial charge < -0.3 is 0 Å². The molecule has 0 N–H and O–H groups in total. The fourth-order valence-corrected chi connectivity index (χ4v) is 0. The summed E-state index contributed by atoms with van der Waals surface area (Å²) in [6.45, 7) is 0. The summed E-state index contributed by atoms with van der Waals surface area (Å²) in [6.07, 6.45) is 0. The first kappa shape index (κ1) is 36.5. The largest absolute Gasteiger partial charge is 0 e. The molecule has 0 spiro atoms. The third kappa shape index (κ3) is 8.96. The molecule has 0 aliphatic carbocycles. The van der Waals surface area contributed by atoms with Crippen LogP contribution in [0, 0.1) is 0 Å². The van der Waals surface area contributed by atoms with E-state index < -0.39 is 0 Å². The van der Waals surface area contributed by atoms with Crippen LogP contribution < -0.4 is 0 Å². The molecular formula is CoFe3. The molecule has 0 heterocycles. The smallest absolute Gasteiger partial charge is 0 e. The molecule has 0 rings (SSSR count). The summed E-state index contributed by atoms with van der Waals surface area (Å²) in [5.74, 6) is 0. The van der Waals surface area contributed by atoms with Crippen LogP contribution in [0.1, 0.15) is 0 Å². The van der Waals surface area contributed by atoms with Crippen molar-refractivity contribution in [1.29, 1.82) is 0 Å². The van der Waals surface area contributed by atoms with E-state index in [0.717, 1.165) is 0 Å². The van der Waals surface area contributed by atoms with Gasteiger partial charge in [-0.3, -0.25) is 0 Å². The van der Waals surface area contributed by atoms with Crippen LogP contribution in [0.2, 0.25) is 0 Å². The van der Waals surface area contributed by atoms with Crippen LogP contribution in [0.25, 0.3) is 0 Å². The van der Waals surface area contributed by atoms with Crippen LogP contribution in [0.3, 0.4) is 0 Å². The van der Waals surface area contributed by atoms with Crippen molar-refractivity contribution in [2.45, 2.75) is 0 Å². The number of hydrogen-bond donors (Lipinski definition) is 0. The Hall–Kier alpha value is 2.06. The standard InChI is InChI=1S/Co.3Fe. The van der Waals surface area contributed by atoms with Crippen LogP contribution in [-0.4, -0.2) is 0 Å². The summed E-state index contributed by atoms with van der Waals surface area (Å²) in [6, 6.07) is 0. The zero-order chi connectivity index (χ0) is 0. The topological polar surface area (TPSA) is 0 Å². The van der Waals surface area contributed by atoms with E-state index in [1.54, 1.807) is 0 Å². The van der Waals surface area contributed by atoms with E-state index in [9.17, 15) is 0 Å². The molecule has 33 valence electrons. The van der Waals surface area contributed by atoms with Gasteiger partial charge in [0.25, 0.3) is 0 Å². The van der Waals surface area contributed by atoms with Gasteiger partial charge in [0, 0.05) is 68.0 Å². The minimum Gasteiger partial charge on any atom is 0 e. The fourth-order valence-electron chi connectivity index (χ4n) is 0. The molecule has 0 aromatic heterocycles. The van der Waals surface area contributed by atoms with E-state index in [1.165, 1.54) is 0 Å². The van der Waals surface area contributed by atoms with E-state index in [2.05, 4.69) is 0 Å². The fraction of sp³-hybridized carbons (Fsp3) is 0. The van der Waals surface area contributed by atoms with E-state index in [0.29, 0.717) is 0 Å². The Bertz CT molecular complexity index is 3.25. The zero-order valence-electron chi connectivity index (χ0n) is 1.39. The Morgan fingerprint density at radius 3 is 0.500 bits per heavy atom. The summed E-state index contributed by atoms with van der Waals surface area (Å²) in [4.78, 5) is 0. The Balaban J connectivity index is 0. The average Bonchev–Trinajstić information content (AvgIpc) is 0. The maximum atomic E-state index is 0. The predicted molar refractivity (Wildman–Crippen MR) is 0 cm³/mol. The summed E-state index contributed by atoms with van der Waals surface area (Å²) in [5, 5.41) is 0. The molecule has 4 heteroatoms. The molecule has 0 unspecified atom stereocenters. The Morgan fingerprint density at radius 2 is 0.500 bits per heavy atom. The van der Waals surface area contributed by atoms with Crippen LogP contribution in [0.4, 0.5) is 0 Å². The molecular weight excluding hydrogens is 226 g/mol. The van der Waals surface area contributed by atoms with Gasteiger partial charge in [-0.25, -0.2) is 0 Å². The summed E-state index contributed by atoms with van der Waals surface area (Å²) >= 11 is 0. The van der Waals surface area contributed by atoms with Gasteiger partial charge in [0.2, 0.25) is 0 Å². The monoisotopic (exact) mass is 227 g/mol. The van der Waals surface area contributed by atoms with Crippen molar-refractivity contribution >= 4 is 0 Å². The van der Waals surface area contributed by atoms with Crippen molar-refractivity contribution in [3.05, 3.63) is 0 Å². The van der Waals surface area contributed by atoms with Crippen molar-refractivity contribution in [3.63, 3.8) is 0 Å². The second-order valence-corrected chi connectivity index (χ2v) is 0. The van der Waals surface area contributed by atoms with Gasteiger partial charge >= 0.3 is 0 Å². The van der Waals surface area contributed by atoms with Gasteiger partial charge in [0.05, 0.1) is 0 Å². The first-order chi connectivity index (χ1) is 0. The molecule has 0 bridgehead atoms. The van der Waals surface area contributed by atoms with Crippen LogP contribution >= 0.6 is 0 Å². The molecule has 0 aromatic rings.